The first-order chi connectivity index (χ1) is 8.06. The first-order valence-electron chi connectivity index (χ1n) is 5.15. The molecule has 0 radical (unpaired) electrons. The van der Waals surface area contributed by atoms with E-state index in [4.69, 9.17) is 15.2 Å². The molecule has 1 amide bonds. The minimum Gasteiger partial charge on any atom is -0.497 e. The van der Waals surface area contributed by atoms with Crippen molar-refractivity contribution in [2.24, 2.45) is 5.73 Å². The maximum atomic E-state index is 10.8. The Balaban J connectivity index is 2.87. The summed E-state index contributed by atoms with van der Waals surface area (Å²) in [7, 11) is 1.52. The van der Waals surface area contributed by atoms with Gasteiger partial charge in [-0.05, 0) is 19.1 Å². The number of carbonyl (C=O) groups excluding carboxylic acids is 2. The van der Waals surface area contributed by atoms with E-state index in [2.05, 4.69) is 0 Å². The van der Waals surface area contributed by atoms with Crippen LogP contribution in [0.5, 0.6) is 11.5 Å². The summed E-state index contributed by atoms with van der Waals surface area (Å²) in [5.74, 6) is 0.512. The highest BCUT2D eigenvalue weighted by molar-refractivity contribution is 5.80. The van der Waals surface area contributed by atoms with Crippen LogP contribution < -0.4 is 15.2 Å². The van der Waals surface area contributed by atoms with Crippen molar-refractivity contribution in [3.8, 4) is 11.5 Å². The zero-order valence-electron chi connectivity index (χ0n) is 9.80. The number of hydrogen-bond donors (Lipinski definition) is 1. The summed E-state index contributed by atoms with van der Waals surface area (Å²) < 4.78 is 10.5. The molecule has 0 saturated carbocycles. The van der Waals surface area contributed by atoms with Crippen molar-refractivity contribution < 1.29 is 19.1 Å². The van der Waals surface area contributed by atoms with Crippen LogP contribution >= 0.6 is 0 Å². The van der Waals surface area contributed by atoms with Gasteiger partial charge in [-0.15, -0.1) is 0 Å². The number of ether oxygens (including phenoxy) is 2. The van der Waals surface area contributed by atoms with Crippen LogP contribution in [0.4, 0.5) is 0 Å². The Kier molecular flexibility index (Phi) is 4.51. The monoisotopic (exact) mass is 237 g/mol. The summed E-state index contributed by atoms with van der Waals surface area (Å²) in [6, 6.07) is 4.86. The molecule has 1 rings (SSSR count). The Hall–Kier alpha value is -2.04. The molecule has 92 valence electrons. The summed E-state index contributed by atoms with van der Waals surface area (Å²) in [5, 5.41) is 0. The van der Waals surface area contributed by atoms with Crippen LogP contribution in [-0.2, 0) is 4.79 Å². The van der Waals surface area contributed by atoms with E-state index >= 15 is 0 Å². The lowest BCUT2D eigenvalue weighted by atomic mass is 10.2. The number of amides is 1. The number of aldehydes is 1. The molecule has 1 unspecified atom stereocenters. The highest BCUT2D eigenvalue weighted by Gasteiger charge is 2.11. The lowest BCUT2D eigenvalue weighted by molar-refractivity contribution is -0.119. The SMILES string of the molecule is COc1ccc(C=O)c(OC(C)CC(N)=O)c1. The van der Waals surface area contributed by atoms with Gasteiger partial charge in [0.2, 0.25) is 5.91 Å². The van der Waals surface area contributed by atoms with Gasteiger partial charge in [-0.25, -0.2) is 0 Å². The summed E-state index contributed by atoms with van der Waals surface area (Å²) in [6.45, 7) is 1.71. The van der Waals surface area contributed by atoms with E-state index < -0.39 is 12.0 Å². The quantitative estimate of drug-likeness (QED) is 0.753. The van der Waals surface area contributed by atoms with E-state index in [1.807, 2.05) is 0 Å². The lowest BCUT2D eigenvalue weighted by Crippen LogP contribution is -2.22. The Morgan fingerprint density at radius 2 is 2.24 bits per heavy atom. The van der Waals surface area contributed by atoms with E-state index in [0.717, 1.165) is 0 Å². The van der Waals surface area contributed by atoms with Gasteiger partial charge in [0.1, 0.15) is 17.6 Å². The molecule has 0 aliphatic heterocycles. The van der Waals surface area contributed by atoms with Crippen LogP contribution in [0.1, 0.15) is 23.7 Å². The molecular weight excluding hydrogens is 222 g/mol. The minimum absolute atomic E-state index is 0.0928. The zero-order chi connectivity index (χ0) is 12.8. The summed E-state index contributed by atoms with van der Waals surface area (Å²) in [5.41, 5.74) is 5.47. The van der Waals surface area contributed by atoms with Crippen LogP contribution in [0.2, 0.25) is 0 Å². The van der Waals surface area contributed by atoms with Crippen molar-refractivity contribution >= 4 is 12.2 Å². The standard InChI is InChI=1S/C12H15NO4/c1-8(5-12(13)15)17-11-6-10(16-2)4-3-9(11)7-14/h3-4,6-8H,5H2,1-2H3,(H2,13,15). The minimum atomic E-state index is -0.451. The topological polar surface area (TPSA) is 78.6 Å². The molecule has 0 spiro atoms. The second kappa shape index (κ2) is 5.89. The Labute approximate surface area is 99.5 Å². The van der Waals surface area contributed by atoms with E-state index in [9.17, 15) is 9.59 Å². The van der Waals surface area contributed by atoms with Crippen molar-refractivity contribution in [3.63, 3.8) is 0 Å². The number of benzene rings is 1. The van der Waals surface area contributed by atoms with Crippen LogP contribution in [0.15, 0.2) is 18.2 Å². The molecule has 0 aliphatic rings. The molecular formula is C12H15NO4. The number of rotatable bonds is 6. The van der Waals surface area contributed by atoms with E-state index in [0.29, 0.717) is 23.3 Å². The molecule has 5 nitrogen and oxygen atoms in total. The van der Waals surface area contributed by atoms with Crippen molar-refractivity contribution in [2.45, 2.75) is 19.4 Å². The number of primary amides is 1. The first kappa shape index (κ1) is 13.0. The van der Waals surface area contributed by atoms with Crippen LogP contribution in [0.25, 0.3) is 0 Å². The Morgan fingerprint density at radius 1 is 1.53 bits per heavy atom. The van der Waals surface area contributed by atoms with Gasteiger partial charge in [0, 0.05) is 6.07 Å². The smallest absolute Gasteiger partial charge is 0.221 e. The lowest BCUT2D eigenvalue weighted by Gasteiger charge is -2.15. The first-order valence-corrected chi connectivity index (χ1v) is 5.15. The van der Waals surface area contributed by atoms with E-state index in [1.54, 1.807) is 25.1 Å². The molecule has 1 atom stereocenters. The molecule has 0 fully saturated rings. The van der Waals surface area contributed by atoms with E-state index in [-0.39, 0.29) is 6.42 Å². The van der Waals surface area contributed by atoms with Gasteiger partial charge in [0.05, 0.1) is 19.1 Å². The fourth-order valence-corrected chi connectivity index (χ4v) is 1.38. The van der Waals surface area contributed by atoms with Crippen molar-refractivity contribution in [1.29, 1.82) is 0 Å². The fraction of sp³-hybridized carbons (Fsp3) is 0.333. The third kappa shape index (κ3) is 3.79. The predicted octanol–water partition coefficient (Wildman–Crippen LogP) is 1.15. The number of hydrogen-bond acceptors (Lipinski definition) is 4. The van der Waals surface area contributed by atoms with Crippen LogP contribution in [0.3, 0.4) is 0 Å². The van der Waals surface area contributed by atoms with Gasteiger partial charge in [-0.2, -0.15) is 0 Å². The van der Waals surface area contributed by atoms with Gasteiger partial charge in [-0.3, -0.25) is 9.59 Å². The Bertz CT molecular complexity index is 417. The highest BCUT2D eigenvalue weighted by Crippen LogP contribution is 2.24. The third-order valence-corrected chi connectivity index (χ3v) is 2.16. The molecule has 0 aromatic heterocycles. The molecule has 1 aromatic rings. The number of methoxy groups -OCH3 is 1. The van der Waals surface area contributed by atoms with Crippen LogP contribution in [0, 0.1) is 0 Å². The average molecular weight is 237 g/mol. The number of carbonyl (C=O) groups is 2. The second-order valence-corrected chi connectivity index (χ2v) is 3.62. The van der Waals surface area contributed by atoms with Gasteiger partial charge in [0.25, 0.3) is 0 Å². The molecule has 1 aromatic carbocycles. The second-order valence-electron chi connectivity index (χ2n) is 3.62. The molecule has 5 heteroatoms. The normalized spacial score (nSPS) is 11.6. The van der Waals surface area contributed by atoms with E-state index in [1.165, 1.54) is 7.11 Å². The molecule has 0 saturated heterocycles. The fourth-order valence-electron chi connectivity index (χ4n) is 1.38. The summed E-state index contributed by atoms with van der Waals surface area (Å²) in [4.78, 5) is 21.5. The average Bonchev–Trinajstić information content (AvgIpc) is 2.27. The molecule has 17 heavy (non-hydrogen) atoms. The molecule has 0 aliphatic carbocycles. The third-order valence-electron chi connectivity index (χ3n) is 2.16. The van der Waals surface area contributed by atoms with Crippen LogP contribution in [-0.4, -0.2) is 25.4 Å². The van der Waals surface area contributed by atoms with Gasteiger partial charge in [-0.1, -0.05) is 0 Å². The van der Waals surface area contributed by atoms with Gasteiger partial charge < -0.3 is 15.2 Å². The largest absolute Gasteiger partial charge is 0.497 e. The predicted molar refractivity (Wildman–Crippen MR) is 62.3 cm³/mol. The van der Waals surface area contributed by atoms with Gasteiger partial charge in [0.15, 0.2) is 6.29 Å². The zero-order valence-corrected chi connectivity index (χ0v) is 9.80. The molecule has 2 N–H and O–H groups in total. The maximum absolute atomic E-state index is 10.8. The summed E-state index contributed by atoms with van der Waals surface area (Å²) in [6.07, 6.45) is 0.389. The highest BCUT2D eigenvalue weighted by atomic mass is 16.5. The maximum Gasteiger partial charge on any atom is 0.221 e. The van der Waals surface area contributed by atoms with Crippen molar-refractivity contribution in [3.05, 3.63) is 23.8 Å². The Morgan fingerprint density at radius 3 is 2.76 bits per heavy atom. The van der Waals surface area contributed by atoms with Crippen molar-refractivity contribution in [1.82, 2.24) is 0 Å². The molecule has 0 heterocycles. The number of nitrogens with two attached hydrogens (primary N) is 1. The van der Waals surface area contributed by atoms with Crippen molar-refractivity contribution in [2.75, 3.05) is 7.11 Å². The molecule has 0 bridgehead atoms. The van der Waals surface area contributed by atoms with Gasteiger partial charge >= 0.3 is 0 Å². The summed E-state index contributed by atoms with van der Waals surface area (Å²) >= 11 is 0.